The minimum atomic E-state index is -4.24. The average molecular weight is 195 g/mol. The lowest BCUT2D eigenvalue weighted by Crippen LogP contribution is -2.40. The van der Waals surface area contributed by atoms with Crippen molar-refractivity contribution in [1.29, 1.82) is 0 Å². The number of hydrogen-bond donors (Lipinski definition) is 1. The van der Waals surface area contributed by atoms with Crippen LogP contribution in [-0.2, 0) is 0 Å². The molecular weight excluding hydrogens is 188 g/mol. The van der Waals surface area contributed by atoms with Crippen LogP contribution >= 0.6 is 0 Å². The maximum Gasteiger partial charge on any atom is 0.319 e. The number of halogens is 6. The fraction of sp³-hybridized carbons (Fsp3) is 1.00. The molecule has 7 heteroatoms. The summed E-state index contributed by atoms with van der Waals surface area (Å²) in [6.45, 7) is -2.45. The highest BCUT2D eigenvalue weighted by Gasteiger charge is 2.40. The maximum absolute atomic E-state index is 11.9. The van der Waals surface area contributed by atoms with Gasteiger partial charge < -0.3 is 5.32 Å². The first kappa shape index (κ1) is 11.5. The SMILES string of the molecule is FC(F)CNCC(F)(F)C(F)F. The van der Waals surface area contributed by atoms with Crippen LogP contribution in [0.4, 0.5) is 26.3 Å². The van der Waals surface area contributed by atoms with E-state index in [4.69, 9.17) is 0 Å². The van der Waals surface area contributed by atoms with Gasteiger partial charge in [-0.3, -0.25) is 0 Å². The van der Waals surface area contributed by atoms with E-state index in [0.717, 1.165) is 0 Å². The summed E-state index contributed by atoms with van der Waals surface area (Å²) in [4.78, 5) is 0. The molecule has 0 spiro atoms. The zero-order chi connectivity index (χ0) is 9.78. The Labute approximate surface area is 64.7 Å². The molecule has 0 radical (unpaired) electrons. The standard InChI is InChI=1S/C5H7F6N/c6-3(7)1-12-2-5(10,11)4(8)9/h3-4,12H,1-2H2. The summed E-state index contributed by atoms with van der Waals surface area (Å²) in [5.41, 5.74) is 0. The molecule has 0 fully saturated rings. The third-order valence-electron chi connectivity index (χ3n) is 0.979. The summed E-state index contributed by atoms with van der Waals surface area (Å²) in [5.74, 6) is -4.24. The van der Waals surface area contributed by atoms with Gasteiger partial charge in [0.1, 0.15) is 0 Å². The van der Waals surface area contributed by atoms with Gasteiger partial charge >= 0.3 is 12.3 Å². The van der Waals surface area contributed by atoms with E-state index in [0.29, 0.717) is 0 Å². The molecule has 0 rings (SSSR count). The molecule has 0 bridgehead atoms. The minimum Gasteiger partial charge on any atom is -0.306 e. The van der Waals surface area contributed by atoms with Crippen molar-refractivity contribution in [2.75, 3.05) is 13.1 Å². The van der Waals surface area contributed by atoms with E-state index >= 15 is 0 Å². The van der Waals surface area contributed by atoms with Crippen molar-refractivity contribution in [3.63, 3.8) is 0 Å². The Morgan fingerprint density at radius 3 is 1.92 bits per heavy atom. The fourth-order valence-corrected chi connectivity index (χ4v) is 0.425. The largest absolute Gasteiger partial charge is 0.319 e. The maximum atomic E-state index is 11.9. The molecule has 0 unspecified atom stereocenters. The fourth-order valence-electron chi connectivity index (χ4n) is 0.425. The van der Waals surface area contributed by atoms with Crippen molar-refractivity contribution in [2.24, 2.45) is 0 Å². The first-order chi connectivity index (χ1) is 5.36. The van der Waals surface area contributed by atoms with Crippen LogP contribution in [0.3, 0.4) is 0 Å². The van der Waals surface area contributed by atoms with Crippen molar-refractivity contribution in [3.8, 4) is 0 Å². The summed E-state index contributed by atoms with van der Waals surface area (Å²) < 4.78 is 69.2. The van der Waals surface area contributed by atoms with Crippen LogP contribution < -0.4 is 5.32 Å². The molecular formula is C5H7F6N. The van der Waals surface area contributed by atoms with Gasteiger partial charge in [0, 0.05) is 0 Å². The van der Waals surface area contributed by atoms with E-state index in [-0.39, 0.29) is 0 Å². The van der Waals surface area contributed by atoms with E-state index in [2.05, 4.69) is 0 Å². The Kier molecular flexibility index (Phi) is 4.36. The van der Waals surface area contributed by atoms with Crippen LogP contribution in [-0.4, -0.2) is 31.9 Å². The second-order valence-corrected chi connectivity index (χ2v) is 2.08. The van der Waals surface area contributed by atoms with Crippen LogP contribution in [0.5, 0.6) is 0 Å². The summed E-state index contributed by atoms with van der Waals surface area (Å²) in [6.07, 6.45) is -6.65. The van der Waals surface area contributed by atoms with Crippen molar-refractivity contribution >= 4 is 0 Å². The highest BCUT2D eigenvalue weighted by atomic mass is 19.3. The summed E-state index contributed by atoms with van der Waals surface area (Å²) in [7, 11) is 0. The highest BCUT2D eigenvalue weighted by Crippen LogP contribution is 2.21. The molecule has 0 aliphatic heterocycles. The molecule has 74 valence electrons. The molecule has 1 nitrogen and oxygen atoms in total. The van der Waals surface area contributed by atoms with Gasteiger partial charge in [-0.05, 0) is 0 Å². The van der Waals surface area contributed by atoms with Gasteiger partial charge in [0.25, 0.3) is 6.43 Å². The first-order valence-corrected chi connectivity index (χ1v) is 3.01. The third kappa shape index (κ3) is 4.42. The van der Waals surface area contributed by atoms with Gasteiger partial charge in [-0.25, -0.2) is 17.6 Å². The van der Waals surface area contributed by atoms with E-state index < -0.39 is 31.9 Å². The van der Waals surface area contributed by atoms with E-state index in [1.165, 1.54) is 5.32 Å². The van der Waals surface area contributed by atoms with Crippen LogP contribution in [0.25, 0.3) is 0 Å². The lowest BCUT2D eigenvalue weighted by Gasteiger charge is -2.15. The first-order valence-electron chi connectivity index (χ1n) is 3.01. The number of nitrogens with one attached hydrogen (secondary N) is 1. The van der Waals surface area contributed by atoms with Crippen LogP contribution in [0.2, 0.25) is 0 Å². The van der Waals surface area contributed by atoms with Gasteiger partial charge in [0.15, 0.2) is 0 Å². The molecule has 0 amide bonds. The Morgan fingerprint density at radius 1 is 1.08 bits per heavy atom. The number of hydrogen-bond acceptors (Lipinski definition) is 1. The second kappa shape index (κ2) is 4.54. The van der Waals surface area contributed by atoms with Gasteiger partial charge in [-0.2, -0.15) is 8.78 Å². The lowest BCUT2D eigenvalue weighted by atomic mass is 10.3. The summed E-state index contributed by atoms with van der Waals surface area (Å²) in [6, 6.07) is 0. The predicted molar refractivity (Wildman–Crippen MR) is 29.8 cm³/mol. The molecule has 0 aromatic rings. The van der Waals surface area contributed by atoms with E-state index in [1.54, 1.807) is 0 Å². The molecule has 0 atom stereocenters. The molecule has 12 heavy (non-hydrogen) atoms. The minimum absolute atomic E-state index is 1.01. The Balaban J connectivity index is 3.61. The van der Waals surface area contributed by atoms with E-state index in [1.807, 2.05) is 0 Å². The van der Waals surface area contributed by atoms with Crippen LogP contribution in [0.15, 0.2) is 0 Å². The summed E-state index contributed by atoms with van der Waals surface area (Å²) in [5, 5.41) is 1.53. The van der Waals surface area contributed by atoms with Crippen LogP contribution in [0, 0.1) is 0 Å². The van der Waals surface area contributed by atoms with Gasteiger partial charge in [0.2, 0.25) is 0 Å². The Morgan fingerprint density at radius 2 is 1.58 bits per heavy atom. The van der Waals surface area contributed by atoms with Gasteiger partial charge in [0.05, 0.1) is 13.1 Å². The zero-order valence-electron chi connectivity index (χ0n) is 5.84. The monoisotopic (exact) mass is 195 g/mol. The molecule has 0 aliphatic rings. The second-order valence-electron chi connectivity index (χ2n) is 2.08. The Bertz CT molecular complexity index is 125. The molecule has 0 aromatic carbocycles. The smallest absolute Gasteiger partial charge is 0.306 e. The number of alkyl halides is 6. The molecule has 0 saturated carbocycles. The normalized spacial score (nSPS) is 13.0. The summed E-state index contributed by atoms with van der Waals surface area (Å²) >= 11 is 0. The van der Waals surface area contributed by atoms with Crippen molar-refractivity contribution in [2.45, 2.75) is 18.8 Å². The molecule has 0 aromatic heterocycles. The molecule has 1 N–H and O–H groups in total. The zero-order valence-corrected chi connectivity index (χ0v) is 5.84. The topological polar surface area (TPSA) is 12.0 Å². The van der Waals surface area contributed by atoms with Crippen molar-refractivity contribution < 1.29 is 26.3 Å². The van der Waals surface area contributed by atoms with E-state index in [9.17, 15) is 26.3 Å². The van der Waals surface area contributed by atoms with Crippen molar-refractivity contribution in [1.82, 2.24) is 5.32 Å². The molecule has 0 aliphatic carbocycles. The Hall–Kier alpha value is -0.460. The average Bonchev–Trinajstić information content (AvgIpc) is 1.85. The molecule has 0 heterocycles. The molecule has 0 saturated heterocycles. The quantitative estimate of drug-likeness (QED) is 0.659. The lowest BCUT2D eigenvalue weighted by molar-refractivity contribution is -0.125. The third-order valence-corrected chi connectivity index (χ3v) is 0.979. The number of rotatable bonds is 5. The predicted octanol–water partition coefficient (Wildman–Crippen LogP) is 1.74. The van der Waals surface area contributed by atoms with Crippen molar-refractivity contribution in [3.05, 3.63) is 0 Å². The van der Waals surface area contributed by atoms with Gasteiger partial charge in [-0.1, -0.05) is 0 Å². The highest BCUT2D eigenvalue weighted by molar-refractivity contribution is 4.72. The van der Waals surface area contributed by atoms with Gasteiger partial charge in [-0.15, -0.1) is 0 Å². The van der Waals surface area contributed by atoms with Crippen LogP contribution in [0.1, 0.15) is 0 Å².